The van der Waals surface area contributed by atoms with Gasteiger partial charge in [0.25, 0.3) is 0 Å². The number of aromatic nitrogens is 1. The van der Waals surface area contributed by atoms with E-state index in [0.717, 1.165) is 0 Å². The number of pyridine rings is 1. The molecule has 0 aliphatic carbocycles. The Kier molecular flexibility index (Phi) is 7.32. The molecule has 1 rings (SSSR count). The van der Waals surface area contributed by atoms with Gasteiger partial charge < -0.3 is 14.6 Å². The molecule has 8 heteroatoms. The first kappa shape index (κ1) is 23.1. The molecule has 1 N–H and O–H groups in total. The largest absolute Gasteiger partial charge is 0.478 e. The van der Waals surface area contributed by atoms with E-state index >= 15 is 0 Å². The highest BCUT2D eigenvalue weighted by atomic mass is 16.6. The van der Waals surface area contributed by atoms with Crippen LogP contribution in [0.2, 0.25) is 0 Å². The van der Waals surface area contributed by atoms with Gasteiger partial charge in [0.15, 0.2) is 0 Å². The molecule has 0 spiro atoms. The number of anilines is 1. The Balaban J connectivity index is 3.25. The predicted molar refractivity (Wildman–Crippen MR) is 105 cm³/mol. The maximum Gasteiger partial charge on any atom is 0.425 e. The van der Waals surface area contributed by atoms with Gasteiger partial charge in [-0.25, -0.2) is 19.4 Å². The van der Waals surface area contributed by atoms with Crippen LogP contribution >= 0.6 is 0 Å². The molecule has 0 atom stereocenters. The summed E-state index contributed by atoms with van der Waals surface area (Å²) in [5.41, 5.74) is -0.906. The minimum absolute atomic E-state index is 0.00836. The van der Waals surface area contributed by atoms with Crippen LogP contribution in [0.15, 0.2) is 23.9 Å². The van der Waals surface area contributed by atoms with Crippen LogP contribution in [-0.4, -0.2) is 39.4 Å². The summed E-state index contributed by atoms with van der Waals surface area (Å²) in [5.74, 6) is -1.01. The molecule has 2 amide bonds. The maximum atomic E-state index is 12.6. The zero-order chi connectivity index (χ0) is 21.7. The lowest BCUT2D eigenvalue weighted by Gasteiger charge is -2.28. The lowest BCUT2D eigenvalue weighted by Crippen LogP contribution is -2.44. The van der Waals surface area contributed by atoms with E-state index in [1.807, 2.05) is 0 Å². The number of carboxylic acid groups (broad SMARTS) is 1. The molecule has 8 nitrogen and oxygen atoms in total. The van der Waals surface area contributed by atoms with Crippen molar-refractivity contribution in [1.82, 2.24) is 4.98 Å². The van der Waals surface area contributed by atoms with Gasteiger partial charge in [-0.2, -0.15) is 4.90 Å². The SMILES string of the molecule is CC/C(=C\c1ccc(N(C(=O)OC(C)(C)C)C(=O)OC(C)(C)C)nc1)C(=O)O. The monoisotopic (exact) mass is 392 g/mol. The molecule has 0 radical (unpaired) electrons. The number of imide groups is 1. The van der Waals surface area contributed by atoms with E-state index in [0.29, 0.717) is 16.9 Å². The number of carbonyl (C=O) groups excluding carboxylic acids is 2. The quantitative estimate of drug-likeness (QED) is 0.744. The normalized spacial score (nSPS) is 12.3. The van der Waals surface area contributed by atoms with Crippen molar-refractivity contribution in [2.45, 2.75) is 66.1 Å². The molecule has 1 aromatic rings. The van der Waals surface area contributed by atoms with Crippen LogP contribution in [-0.2, 0) is 14.3 Å². The highest BCUT2D eigenvalue weighted by Crippen LogP contribution is 2.21. The number of carbonyl (C=O) groups is 3. The van der Waals surface area contributed by atoms with Crippen LogP contribution in [0.4, 0.5) is 15.4 Å². The first-order chi connectivity index (χ1) is 12.7. The lowest BCUT2D eigenvalue weighted by molar-refractivity contribution is -0.132. The minimum atomic E-state index is -1.02. The first-order valence-corrected chi connectivity index (χ1v) is 8.89. The zero-order valence-corrected chi connectivity index (χ0v) is 17.4. The molecule has 0 bridgehead atoms. The molecule has 0 aliphatic rings. The second-order valence-corrected chi connectivity index (χ2v) is 8.07. The molecule has 0 fully saturated rings. The van der Waals surface area contributed by atoms with Gasteiger partial charge in [-0.15, -0.1) is 0 Å². The van der Waals surface area contributed by atoms with Crippen LogP contribution in [0, 0.1) is 0 Å². The molecule has 1 aromatic heterocycles. The molecule has 0 saturated heterocycles. The number of hydrogen-bond acceptors (Lipinski definition) is 6. The topological polar surface area (TPSA) is 106 Å². The van der Waals surface area contributed by atoms with Gasteiger partial charge in [0.05, 0.1) is 0 Å². The van der Waals surface area contributed by atoms with Gasteiger partial charge in [0, 0.05) is 11.8 Å². The van der Waals surface area contributed by atoms with Gasteiger partial charge in [0.1, 0.15) is 17.0 Å². The third-order valence-corrected chi connectivity index (χ3v) is 3.15. The van der Waals surface area contributed by atoms with Gasteiger partial charge in [-0.1, -0.05) is 6.92 Å². The van der Waals surface area contributed by atoms with Gasteiger partial charge >= 0.3 is 18.2 Å². The molecule has 0 unspecified atom stereocenters. The predicted octanol–water partition coefficient (Wildman–Crippen LogP) is 4.64. The average molecular weight is 392 g/mol. The van der Waals surface area contributed by atoms with E-state index in [4.69, 9.17) is 14.6 Å². The minimum Gasteiger partial charge on any atom is -0.478 e. The van der Waals surface area contributed by atoms with E-state index in [1.165, 1.54) is 18.3 Å². The first-order valence-electron chi connectivity index (χ1n) is 8.89. The highest BCUT2D eigenvalue weighted by Gasteiger charge is 2.33. The number of carboxylic acids is 1. The summed E-state index contributed by atoms with van der Waals surface area (Å²) < 4.78 is 10.6. The Labute approximate surface area is 165 Å². The van der Waals surface area contributed by atoms with Crippen molar-refractivity contribution >= 4 is 30.0 Å². The van der Waals surface area contributed by atoms with Gasteiger partial charge in [0.2, 0.25) is 0 Å². The van der Waals surface area contributed by atoms with Crippen molar-refractivity contribution in [3.63, 3.8) is 0 Å². The third-order valence-electron chi connectivity index (χ3n) is 3.15. The van der Waals surface area contributed by atoms with Crippen molar-refractivity contribution in [2.75, 3.05) is 4.90 Å². The highest BCUT2D eigenvalue weighted by molar-refractivity contribution is 6.08. The van der Waals surface area contributed by atoms with Crippen LogP contribution in [0.5, 0.6) is 0 Å². The fourth-order valence-electron chi connectivity index (χ4n) is 2.01. The number of hydrogen-bond donors (Lipinski definition) is 1. The number of nitrogens with zero attached hydrogens (tertiary/aromatic N) is 2. The Bertz CT molecular complexity index is 726. The van der Waals surface area contributed by atoms with Crippen molar-refractivity contribution in [1.29, 1.82) is 0 Å². The standard InChI is InChI=1S/C20H28N2O6/c1-8-14(16(23)24)11-13-9-10-15(21-12-13)22(17(25)27-19(2,3)4)18(26)28-20(5,6)7/h9-12H,8H2,1-7H3,(H,23,24)/b14-11+. The molecule has 0 aromatic carbocycles. The fourth-order valence-corrected chi connectivity index (χ4v) is 2.01. The molecular formula is C20H28N2O6. The number of amides is 2. The van der Waals surface area contributed by atoms with E-state index in [1.54, 1.807) is 54.5 Å². The van der Waals surface area contributed by atoms with E-state index in [9.17, 15) is 14.4 Å². The zero-order valence-electron chi connectivity index (χ0n) is 17.4. The molecule has 1 heterocycles. The van der Waals surface area contributed by atoms with Crippen LogP contribution in [0.25, 0.3) is 6.08 Å². The van der Waals surface area contributed by atoms with Gasteiger partial charge in [-0.3, -0.25) is 0 Å². The third kappa shape index (κ3) is 7.38. The maximum absolute atomic E-state index is 12.6. The molecule has 0 saturated carbocycles. The summed E-state index contributed by atoms with van der Waals surface area (Å²) in [6.45, 7) is 11.8. The average Bonchev–Trinajstić information content (AvgIpc) is 2.50. The number of aliphatic carboxylic acids is 1. The number of ether oxygens (including phenoxy) is 2. The Morgan fingerprint density at radius 1 is 1.04 bits per heavy atom. The Morgan fingerprint density at radius 2 is 1.54 bits per heavy atom. The van der Waals surface area contributed by atoms with E-state index < -0.39 is 29.4 Å². The second-order valence-electron chi connectivity index (χ2n) is 8.07. The molecule has 154 valence electrons. The Hall–Kier alpha value is -2.90. The van der Waals surface area contributed by atoms with Gasteiger partial charge in [-0.05, 0) is 71.7 Å². The van der Waals surface area contributed by atoms with Crippen molar-refractivity contribution < 1.29 is 29.0 Å². The Morgan fingerprint density at radius 3 is 1.86 bits per heavy atom. The fraction of sp³-hybridized carbons (Fsp3) is 0.500. The van der Waals surface area contributed by atoms with Crippen molar-refractivity contribution in [2.24, 2.45) is 0 Å². The molecule has 28 heavy (non-hydrogen) atoms. The van der Waals surface area contributed by atoms with Crippen LogP contribution in [0.3, 0.4) is 0 Å². The molecular weight excluding hydrogens is 364 g/mol. The molecule has 0 aliphatic heterocycles. The van der Waals surface area contributed by atoms with Crippen LogP contribution in [0.1, 0.15) is 60.5 Å². The summed E-state index contributed by atoms with van der Waals surface area (Å²) in [6.07, 6.45) is 1.36. The van der Waals surface area contributed by atoms with Crippen molar-refractivity contribution in [3.05, 3.63) is 29.5 Å². The van der Waals surface area contributed by atoms with E-state index in [-0.39, 0.29) is 11.4 Å². The summed E-state index contributed by atoms with van der Waals surface area (Å²) in [4.78, 5) is 41.1. The summed E-state index contributed by atoms with van der Waals surface area (Å²) in [6, 6.07) is 2.98. The second kappa shape index (κ2) is 8.86. The van der Waals surface area contributed by atoms with Crippen molar-refractivity contribution in [3.8, 4) is 0 Å². The number of rotatable bonds is 4. The van der Waals surface area contributed by atoms with Crippen LogP contribution < -0.4 is 4.90 Å². The lowest BCUT2D eigenvalue weighted by atomic mass is 10.1. The summed E-state index contributed by atoms with van der Waals surface area (Å²) in [7, 11) is 0. The van der Waals surface area contributed by atoms with E-state index in [2.05, 4.69) is 4.98 Å². The summed E-state index contributed by atoms with van der Waals surface area (Å²) in [5, 5.41) is 9.12. The smallest absolute Gasteiger partial charge is 0.425 e. The summed E-state index contributed by atoms with van der Waals surface area (Å²) >= 11 is 0.